The van der Waals surface area contributed by atoms with Crippen LogP contribution in [0.2, 0.25) is 0 Å². The van der Waals surface area contributed by atoms with E-state index in [4.69, 9.17) is 0 Å². The van der Waals surface area contributed by atoms with Crippen LogP contribution in [0.25, 0.3) is 0 Å². The van der Waals surface area contributed by atoms with E-state index in [0.717, 1.165) is 10.5 Å². The molecule has 0 aliphatic rings. The molecule has 23 heavy (non-hydrogen) atoms. The van der Waals surface area contributed by atoms with Crippen LogP contribution >= 0.6 is 11.8 Å². The van der Waals surface area contributed by atoms with Crippen molar-refractivity contribution in [1.82, 2.24) is 0 Å². The van der Waals surface area contributed by atoms with E-state index < -0.39 is 23.6 Å². The molecule has 0 aliphatic carbocycles. The largest absolute Gasteiger partial charge is 0.462 e. The number of alkyl halides is 2. The van der Waals surface area contributed by atoms with Crippen LogP contribution in [-0.2, 0) is 9.53 Å². The number of halogens is 2. The third-order valence-corrected chi connectivity index (χ3v) is 4.48. The van der Waals surface area contributed by atoms with Gasteiger partial charge in [0.05, 0.1) is 6.61 Å². The fourth-order valence-corrected chi connectivity index (χ4v) is 3.34. The van der Waals surface area contributed by atoms with E-state index >= 15 is 0 Å². The number of carbonyl (C=O) groups excluding carboxylic acids is 1. The first-order chi connectivity index (χ1) is 11.0. The van der Waals surface area contributed by atoms with Crippen LogP contribution in [0.4, 0.5) is 8.78 Å². The van der Waals surface area contributed by atoms with Gasteiger partial charge in [-0.05, 0) is 24.6 Å². The summed E-state index contributed by atoms with van der Waals surface area (Å²) in [6.07, 6.45) is -0.602. The van der Waals surface area contributed by atoms with Crippen LogP contribution in [0.1, 0.15) is 24.2 Å². The highest BCUT2D eigenvalue weighted by Gasteiger charge is 2.43. The number of carbonyl (C=O) groups is 1. The lowest BCUT2D eigenvalue weighted by molar-refractivity contribution is -0.172. The average Bonchev–Trinajstić information content (AvgIpc) is 2.56. The van der Waals surface area contributed by atoms with Gasteiger partial charge in [-0.2, -0.15) is 8.78 Å². The van der Waals surface area contributed by atoms with Gasteiger partial charge in [-0.25, -0.2) is 4.79 Å². The van der Waals surface area contributed by atoms with Crippen LogP contribution < -0.4 is 0 Å². The van der Waals surface area contributed by atoms with Crippen molar-refractivity contribution in [1.29, 1.82) is 0 Å². The molecule has 5 heteroatoms. The van der Waals surface area contributed by atoms with Crippen molar-refractivity contribution in [2.75, 3.05) is 6.61 Å². The Kier molecular flexibility index (Phi) is 6.16. The van der Waals surface area contributed by atoms with Gasteiger partial charge in [0, 0.05) is 16.6 Å². The molecule has 2 aromatic rings. The second-order valence-corrected chi connectivity index (χ2v) is 6.24. The SMILES string of the molecule is CCOC(=O)C(F)(F)CC(Sc1ccccc1)c1ccccc1. The number of thioether (sulfide) groups is 1. The van der Waals surface area contributed by atoms with Crippen LogP contribution in [-0.4, -0.2) is 18.5 Å². The molecule has 0 heterocycles. The Morgan fingerprint density at radius 2 is 1.65 bits per heavy atom. The second-order valence-electron chi connectivity index (χ2n) is 4.96. The third kappa shape index (κ3) is 5.06. The minimum atomic E-state index is -3.52. The molecule has 2 rings (SSSR count). The van der Waals surface area contributed by atoms with Crippen LogP contribution in [0.15, 0.2) is 65.6 Å². The van der Waals surface area contributed by atoms with Crippen molar-refractivity contribution in [3.05, 3.63) is 66.2 Å². The van der Waals surface area contributed by atoms with Gasteiger partial charge >= 0.3 is 11.9 Å². The fourth-order valence-electron chi connectivity index (χ4n) is 2.11. The van der Waals surface area contributed by atoms with Crippen molar-refractivity contribution < 1.29 is 18.3 Å². The summed E-state index contributed by atoms with van der Waals surface area (Å²) in [6.45, 7) is 1.46. The summed E-state index contributed by atoms with van der Waals surface area (Å²) in [5.41, 5.74) is 0.755. The van der Waals surface area contributed by atoms with Gasteiger partial charge in [-0.1, -0.05) is 48.5 Å². The van der Waals surface area contributed by atoms with Crippen LogP contribution in [0.5, 0.6) is 0 Å². The molecule has 0 saturated heterocycles. The van der Waals surface area contributed by atoms with E-state index in [-0.39, 0.29) is 6.61 Å². The van der Waals surface area contributed by atoms with Gasteiger partial charge in [0.1, 0.15) is 0 Å². The van der Waals surface area contributed by atoms with E-state index in [0.29, 0.717) is 0 Å². The molecular weight excluding hydrogens is 318 g/mol. The predicted octanol–water partition coefficient (Wildman–Crippen LogP) is 5.11. The molecule has 0 aromatic heterocycles. The first-order valence-corrected chi connectivity index (χ1v) is 8.22. The van der Waals surface area contributed by atoms with Crippen molar-refractivity contribution in [3.63, 3.8) is 0 Å². The van der Waals surface area contributed by atoms with Crippen LogP contribution in [0, 0.1) is 0 Å². The Balaban J connectivity index is 2.22. The Morgan fingerprint density at radius 1 is 1.09 bits per heavy atom. The normalized spacial score (nSPS) is 12.7. The number of esters is 1. The standard InChI is InChI=1S/C18H18F2O2S/c1-2-22-17(21)18(19,20)13-16(14-9-5-3-6-10-14)23-15-11-7-4-8-12-15/h3-12,16H,2,13H2,1H3. The topological polar surface area (TPSA) is 26.3 Å². The molecule has 122 valence electrons. The lowest BCUT2D eigenvalue weighted by atomic mass is 10.1. The predicted molar refractivity (Wildman–Crippen MR) is 87.7 cm³/mol. The molecule has 1 unspecified atom stereocenters. The summed E-state index contributed by atoms with van der Waals surface area (Å²) in [5.74, 6) is -4.98. The summed E-state index contributed by atoms with van der Waals surface area (Å²) in [6, 6.07) is 18.3. The number of hydrogen-bond donors (Lipinski definition) is 0. The van der Waals surface area contributed by atoms with Gasteiger partial charge in [0.25, 0.3) is 0 Å². The Morgan fingerprint density at radius 3 is 2.22 bits per heavy atom. The molecule has 2 nitrogen and oxygen atoms in total. The van der Waals surface area contributed by atoms with Gasteiger partial charge < -0.3 is 4.74 Å². The number of ether oxygens (including phenoxy) is 1. The lowest BCUT2D eigenvalue weighted by Gasteiger charge is -2.22. The quantitative estimate of drug-likeness (QED) is 0.519. The molecular formula is C18H18F2O2S. The summed E-state index contributed by atoms with van der Waals surface area (Å²) in [7, 11) is 0. The first kappa shape index (κ1) is 17.5. The maximum atomic E-state index is 14.2. The monoisotopic (exact) mass is 336 g/mol. The summed E-state index contributed by atoms with van der Waals surface area (Å²) in [5, 5.41) is -0.544. The summed E-state index contributed by atoms with van der Waals surface area (Å²) >= 11 is 1.32. The molecule has 0 saturated carbocycles. The molecule has 0 N–H and O–H groups in total. The summed E-state index contributed by atoms with van der Waals surface area (Å²) in [4.78, 5) is 12.4. The van der Waals surface area contributed by atoms with Gasteiger partial charge in [-0.15, -0.1) is 11.8 Å². The maximum absolute atomic E-state index is 14.2. The van der Waals surface area contributed by atoms with E-state index in [1.165, 1.54) is 18.7 Å². The van der Waals surface area contributed by atoms with Gasteiger partial charge in [0.2, 0.25) is 0 Å². The van der Waals surface area contributed by atoms with Crippen molar-refractivity contribution in [3.8, 4) is 0 Å². The molecule has 2 aromatic carbocycles. The maximum Gasteiger partial charge on any atom is 0.377 e. The molecule has 0 aliphatic heterocycles. The second kappa shape index (κ2) is 8.11. The van der Waals surface area contributed by atoms with E-state index in [9.17, 15) is 13.6 Å². The average molecular weight is 336 g/mol. The van der Waals surface area contributed by atoms with E-state index in [2.05, 4.69) is 4.74 Å². The minimum Gasteiger partial charge on any atom is -0.462 e. The zero-order valence-electron chi connectivity index (χ0n) is 12.7. The molecule has 0 spiro atoms. The Bertz CT molecular complexity index is 617. The number of rotatable bonds is 7. The first-order valence-electron chi connectivity index (χ1n) is 7.34. The number of hydrogen-bond acceptors (Lipinski definition) is 3. The lowest BCUT2D eigenvalue weighted by Crippen LogP contribution is -2.32. The molecule has 0 fully saturated rings. The third-order valence-electron chi connectivity index (χ3n) is 3.21. The number of benzene rings is 2. The van der Waals surface area contributed by atoms with Crippen LogP contribution in [0.3, 0.4) is 0 Å². The summed E-state index contributed by atoms with van der Waals surface area (Å²) < 4.78 is 32.8. The molecule has 0 bridgehead atoms. The minimum absolute atomic E-state index is 0.0593. The highest BCUT2D eigenvalue weighted by molar-refractivity contribution is 7.99. The molecule has 1 atom stereocenters. The Hall–Kier alpha value is -1.88. The fraction of sp³-hybridized carbons (Fsp3) is 0.278. The van der Waals surface area contributed by atoms with E-state index in [1.54, 1.807) is 24.3 Å². The zero-order valence-corrected chi connectivity index (χ0v) is 13.6. The zero-order chi connectivity index (χ0) is 16.7. The van der Waals surface area contributed by atoms with Gasteiger partial charge in [-0.3, -0.25) is 0 Å². The molecule has 0 amide bonds. The Labute approximate surface area is 138 Å². The van der Waals surface area contributed by atoms with Gasteiger partial charge in [0.15, 0.2) is 0 Å². The molecule has 0 radical (unpaired) electrons. The van der Waals surface area contributed by atoms with Crippen molar-refractivity contribution >= 4 is 17.7 Å². The highest BCUT2D eigenvalue weighted by Crippen LogP contribution is 2.42. The highest BCUT2D eigenvalue weighted by atomic mass is 32.2. The van der Waals surface area contributed by atoms with E-state index in [1.807, 2.05) is 36.4 Å². The smallest absolute Gasteiger partial charge is 0.377 e. The van der Waals surface area contributed by atoms with Crippen molar-refractivity contribution in [2.45, 2.75) is 29.4 Å². The van der Waals surface area contributed by atoms with Crippen molar-refractivity contribution in [2.24, 2.45) is 0 Å².